The second-order valence-electron chi connectivity index (χ2n) is 7.45. The van der Waals surface area contributed by atoms with Gasteiger partial charge in [-0.1, -0.05) is 31.0 Å². The molecule has 30 heavy (non-hydrogen) atoms. The van der Waals surface area contributed by atoms with Gasteiger partial charge in [0.15, 0.2) is 11.5 Å². The van der Waals surface area contributed by atoms with Crippen LogP contribution in [0.25, 0.3) is 16.9 Å². The van der Waals surface area contributed by atoms with Crippen LogP contribution in [0, 0.1) is 0 Å². The molecule has 0 aliphatic carbocycles. The first-order valence-corrected chi connectivity index (χ1v) is 10.4. The highest BCUT2D eigenvalue weighted by Crippen LogP contribution is 2.34. The van der Waals surface area contributed by atoms with Crippen molar-refractivity contribution in [3.63, 3.8) is 0 Å². The molecule has 1 aliphatic rings. The van der Waals surface area contributed by atoms with E-state index in [1.165, 1.54) is 12.8 Å². The van der Waals surface area contributed by atoms with Gasteiger partial charge in [-0.25, -0.2) is 4.68 Å². The van der Waals surface area contributed by atoms with Crippen molar-refractivity contribution >= 4 is 5.91 Å². The van der Waals surface area contributed by atoms with E-state index in [2.05, 4.69) is 0 Å². The fraction of sp³-hybridized carbons (Fsp3) is 0.333. The summed E-state index contributed by atoms with van der Waals surface area (Å²) in [6, 6.07) is 15.5. The van der Waals surface area contributed by atoms with Gasteiger partial charge >= 0.3 is 0 Å². The number of amides is 1. The molecule has 0 saturated carbocycles. The molecule has 2 heterocycles. The Labute approximate surface area is 177 Å². The predicted molar refractivity (Wildman–Crippen MR) is 116 cm³/mol. The summed E-state index contributed by atoms with van der Waals surface area (Å²) in [6.45, 7) is 1.58. The van der Waals surface area contributed by atoms with E-state index in [0.29, 0.717) is 22.8 Å². The zero-order chi connectivity index (χ0) is 20.9. The van der Waals surface area contributed by atoms with Crippen molar-refractivity contribution in [1.29, 1.82) is 0 Å². The molecule has 0 atom stereocenters. The number of ether oxygens (including phenoxy) is 2. The quantitative estimate of drug-likeness (QED) is 0.624. The third kappa shape index (κ3) is 4.03. The van der Waals surface area contributed by atoms with Gasteiger partial charge in [0.1, 0.15) is 5.69 Å². The zero-order valence-corrected chi connectivity index (χ0v) is 17.5. The van der Waals surface area contributed by atoms with Crippen molar-refractivity contribution < 1.29 is 14.3 Å². The molecule has 1 aliphatic heterocycles. The normalized spacial score (nSPS) is 14.3. The number of nitrogens with zero attached hydrogens (tertiary/aromatic N) is 3. The molecule has 1 fully saturated rings. The third-order valence-corrected chi connectivity index (χ3v) is 5.52. The van der Waals surface area contributed by atoms with Crippen molar-refractivity contribution in [2.45, 2.75) is 25.7 Å². The van der Waals surface area contributed by atoms with E-state index in [1.807, 2.05) is 59.6 Å². The van der Waals surface area contributed by atoms with Gasteiger partial charge in [-0.05, 0) is 43.2 Å². The van der Waals surface area contributed by atoms with Crippen LogP contribution in [0.3, 0.4) is 0 Å². The third-order valence-electron chi connectivity index (χ3n) is 5.52. The van der Waals surface area contributed by atoms with E-state index >= 15 is 0 Å². The molecule has 0 unspecified atom stereocenters. The van der Waals surface area contributed by atoms with Gasteiger partial charge < -0.3 is 14.4 Å². The van der Waals surface area contributed by atoms with Crippen LogP contribution in [-0.2, 0) is 0 Å². The van der Waals surface area contributed by atoms with Crippen LogP contribution in [-0.4, -0.2) is 47.9 Å². The molecule has 6 heteroatoms. The number of para-hydroxylation sites is 1. The van der Waals surface area contributed by atoms with Gasteiger partial charge in [0, 0.05) is 24.8 Å². The molecular weight excluding hydrogens is 378 g/mol. The van der Waals surface area contributed by atoms with Crippen LogP contribution in [0.15, 0.2) is 54.7 Å². The highest BCUT2D eigenvalue weighted by Gasteiger charge is 2.24. The molecule has 156 valence electrons. The summed E-state index contributed by atoms with van der Waals surface area (Å²) < 4.78 is 12.6. The van der Waals surface area contributed by atoms with E-state index in [0.717, 1.165) is 37.2 Å². The summed E-state index contributed by atoms with van der Waals surface area (Å²) in [5, 5.41) is 4.79. The summed E-state index contributed by atoms with van der Waals surface area (Å²) >= 11 is 0. The second-order valence-corrected chi connectivity index (χ2v) is 7.45. The summed E-state index contributed by atoms with van der Waals surface area (Å²) in [5.41, 5.74) is 2.98. The lowest BCUT2D eigenvalue weighted by molar-refractivity contribution is 0.0762. The maximum absolute atomic E-state index is 13.5. The summed E-state index contributed by atoms with van der Waals surface area (Å²) in [5.74, 6) is 1.28. The molecule has 3 aromatic rings. The molecule has 6 nitrogen and oxygen atoms in total. The maximum atomic E-state index is 13.5. The zero-order valence-electron chi connectivity index (χ0n) is 17.5. The van der Waals surface area contributed by atoms with Crippen molar-refractivity contribution in [2.75, 3.05) is 27.3 Å². The van der Waals surface area contributed by atoms with Gasteiger partial charge in [-0.15, -0.1) is 0 Å². The lowest BCUT2D eigenvalue weighted by Gasteiger charge is -2.20. The topological polar surface area (TPSA) is 56.6 Å². The van der Waals surface area contributed by atoms with Crippen molar-refractivity contribution in [3.05, 3.63) is 60.3 Å². The Morgan fingerprint density at radius 1 is 0.900 bits per heavy atom. The lowest BCUT2D eigenvalue weighted by Crippen LogP contribution is -2.31. The Balaban J connectivity index is 1.80. The molecule has 1 aromatic heterocycles. The number of methoxy groups -OCH3 is 2. The molecular formula is C24H27N3O3. The Morgan fingerprint density at radius 3 is 2.27 bits per heavy atom. The van der Waals surface area contributed by atoms with Crippen LogP contribution < -0.4 is 9.47 Å². The van der Waals surface area contributed by atoms with E-state index < -0.39 is 0 Å². The monoisotopic (exact) mass is 405 g/mol. The van der Waals surface area contributed by atoms with E-state index in [9.17, 15) is 4.79 Å². The summed E-state index contributed by atoms with van der Waals surface area (Å²) in [7, 11) is 3.21. The molecule has 0 N–H and O–H groups in total. The minimum Gasteiger partial charge on any atom is -0.493 e. The van der Waals surface area contributed by atoms with Crippen LogP contribution in [0.1, 0.15) is 36.0 Å². The minimum atomic E-state index is 0.0314. The predicted octanol–water partition coefficient (Wildman–Crippen LogP) is 4.57. The highest BCUT2D eigenvalue weighted by molar-refractivity contribution is 6.00. The molecule has 2 aromatic carbocycles. The standard InChI is InChI=1S/C24H27N3O3/c1-29-21-13-12-18(16-22(21)30-2)23-20(24(28)26-14-8-3-4-9-15-26)17-27(25-23)19-10-6-5-7-11-19/h5-7,10-13,16-17H,3-4,8-9,14-15H2,1-2H3. The smallest absolute Gasteiger partial charge is 0.257 e. The summed E-state index contributed by atoms with van der Waals surface area (Å²) in [6.07, 6.45) is 6.29. The van der Waals surface area contributed by atoms with E-state index in [-0.39, 0.29) is 5.91 Å². The molecule has 1 saturated heterocycles. The first-order valence-electron chi connectivity index (χ1n) is 10.4. The van der Waals surface area contributed by atoms with Gasteiger partial charge in [0.25, 0.3) is 5.91 Å². The maximum Gasteiger partial charge on any atom is 0.257 e. The largest absolute Gasteiger partial charge is 0.493 e. The molecule has 0 spiro atoms. The van der Waals surface area contributed by atoms with Gasteiger partial charge in [0.05, 0.1) is 25.5 Å². The second kappa shape index (κ2) is 9.03. The first-order chi connectivity index (χ1) is 14.7. The minimum absolute atomic E-state index is 0.0314. The van der Waals surface area contributed by atoms with Crippen molar-refractivity contribution in [1.82, 2.24) is 14.7 Å². The number of carbonyl (C=O) groups excluding carboxylic acids is 1. The van der Waals surface area contributed by atoms with Crippen LogP contribution >= 0.6 is 0 Å². The van der Waals surface area contributed by atoms with Crippen molar-refractivity contribution in [3.8, 4) is 28.4 Å². The number of rotatable bonds is 5. The van der Waals surface area contributed by atoms with Crippen LogP contribution in [0.5, 0.6) is 11.5 Å². The Kier molecular flexibility index (Phi) is 6.02. The Hall–Kier alpha value is -3.28. The van der Waals surface area contributed by atoms with Gasteiger partial charge in [-0.3, -0.25) is 4.79 Å². The number of hydrogen-bond donors (Lipinski definition) is 0. The summed E-state index contributed by atoms with van der Waals surface area (Å²) in [4.78, 5) is 15.4. The Morgan fingerprint density at radius 2 is 1.60 bits per heavy atom. The fourth-order valence-electron chi connectivity index (χ4n) is 3.88. The number of carbonyl (C=O) groups is 1. The number of benzene rings is 2. The van der Waals surface area contributed by atoms with Crippen LogP contribution in [0.4, 0.5) is 0 Å². The fourth-order valence-corrected chi connectivity index (χ4v) is 3.88. The number of hydrogen-bond acceptors (Lipinski definition) is 4. The lowest BCUT2D eigenvalue weighted by atomic mass is 10.1. The van der Waals surface area contributed by atoms with E-state index in [4.69, 9.17) is 14.6 Å². The van der Waals surface area contributed by atoms with Crippen molar-refractivity contribution in [2.24, 2.45) is 0 Å². The molecule has 1 amide bonds. The van der Waals surface area contributed by atoms with Gasteiger partial charge in [-0.2, -0.15) is 5.10 Å². The number of aromatic nitrogens is 2. The molecule has 4 rings (SSSR count). The van der Waals surface area contributed by atoms with Gasteiger partial charge in [0.2, 0.25) is 0 Å². The average Bonchev–Trinajstić information content (AvgIpc) is 3.06. The molecule has 0 bridgehead atoms. The van der Waals surface area contributed by atoms with E-state index in [1.54, 1.807) is 18.9 Å². The first kappa shape index (κ1) is 20.0. The highest BCUT2D eigenvalue weighted by atomic mass is 16.5. The molecule has 0 radical (unpaired) electrons. The SMILES string of the molecule is COc1ccc(-c2nn(-c3ccccc3)cc2C(=O)N2CCCCCC2)cc1OC. The Bertz CT molecular complexity index is 1010. The van der Waals surface area contributed by atoms with Crippen LogP contribution in [0.2, 0.25) is 0 Å². The number of likely N-dealkylation sites (tertiary alicyclic amines) is 1. The average molecular weight is 405 g/mol.